The van der Waals surface area contributed by atoms with Gasteiger partial charge in [0, 0.05) is 8.95 Å². The van der Waals surface area contributed by atoms with Crippen molar-refractivity contribution in [2.24, 2.45) is 0 Å². The minimum atomic E-state index is -0.472. The number of rotatable bonds is 7. The molecule has 2 amide bonds. The molecule has 0 unspecified atom stereocenters. The molecule has 0 saturated heterocycles. The number of carbonyl (C=O) groups excluding carboxylic acids is 2. The van der Waals surface area contributed by atoms with Crippen LogP contribution in [0.1, 0.15) is 30.9 Å². The molecule has 0 aromatic heterocycles. The zero-order valence-corrected chi connectivity index (χ0v) is 19.0. The Morgan fingerprint density at radius 3 is 2.21 bits per heavy atom. The van der Waals surface area contributed by atoms with Gasteiger partial charge in [0.25, 0.3) is 11.8 Å². The number of hydrazine groups is 1. The Morgan fingerprint density at radius 1 is 0.964 bits per heavy atom. The first-order valence-corrected chi connectivity index (χ1v) is 10.2. The summed E-state index contributed by atoms with van der Waals surface area (Å²) >= 11 is 6.83. The summed E-state index contributed by atoms with van der Waals surface area (Å²) in [5.41, 5.74) is 6.60. The highest BCUT2D eigenvalue weighted by Crippen LogP contribution is 2.29. The van der Waals surface area contributed by atoms with E-state index in [1.54, 1.807) is 12.1 Å². The van der Waals surface area contributed by atoms with Crippen LogP contribution in [0.25, 0.3) is 0 Å². The van der Waals surface area contributed by atoms with Crippen molar-refractivity contribution in [3.8, 4) is 11.5 Å². The van der Waals surface area contributed by atoms with Gasteiger partial charge in [0.2, 0.25) is 0 Å². The molecule has 2 aromatic rings. The maximum absolute atomic E-state index is 11.9. The quantitative estimate of drug-likeness (QED) is 0.542. The van der Waals surface area contributed by atoms with Crippen LogP contribution in [0, 0.1) is 6.92 Å². The molecule has 0 aliphatic carbocycles. The Kier molecular flexibility index (Phi) is 8.32. The third kappa shape index (κ3) is 6.83. The van der Waals surface area contributed by atoms with E-state index >= 15 is 0 Å². The van der Waals surface area contributed by atoms with Crippen molar-refractivity contribution < 1.29 is 19.1 Å². The SMILES string of the molecule is Cc1cc(OCC(=O)NNC(=O)COc2ccc(Br)cc2C(C)C)ccc1Br. The maximum atomic E-state index is 11.9. The lowest BCUT2D eigenvalue weighted by Crippen LogP contribution is -2.45. The second-order valence-electron chi connectivity index (χ2n) is 6.42. The van der Waals surface area contributed by atoms with Gasteiger partial charge in [-0.2, -0.15) is 0 Å². The molecule has 28 heavy (non-hydrogen) atoms. The summed E-state index contributed by atoms with van der Waals surface area (Å²) in [5, 5.41) is 0. The predicted octanol–water partition coefficient (Wildman–Crippen LogP) is 4.25. The van der Waals surface area contributed by atoms with E-state index < -0.39 is 11.8 Å². The number of carbonyl (C=O) groups is 2. The molecule has 0 heterocycles. The highest BCUT2D eigenvalue weighted by atomic mass is 79.9. The first kappa shape index (κ1) is 22.2. The first-order valence-electron chi connectivity index (χ1n) is 8.65. The third-order valence-corrected chi connectivity index (χ3v) is 5.18. The zero-order valence-electron chi connectivity index (χ0n) is 15.8. The summed E-state index contributed by atoms with van der Waals surface area (Å²) in [6.45, 7) is 5.58. The average molecular weight is 514 g/mol. The van der Waals surface area contributed by atoms with Gasteiger partial charge >= 0.3 is 0 Å². The van der Waals surface area contributed by atoms with E-state index in [2.05, 4.69) is 42.7 Å². The third-order valence-electron chi connectivity index (χ3n) is 3.79. The van der Waals surface area contributed by atoms with Gasteiger partial charge in [0.15, 0.2) is 13.2 Å². The fourth-order valence-corrected chi connectivity index (χ4v) is 2.94. The molecule has 6 nitrogen and oxygen atoms in total. The van der Waals surface area contributed by atoms with Crippen LogP contribution in [0.3, 0.4) is 0 Å². The van der Waals surface area contributed by atoms with Gasteiger partial charge in [-0.25, -0.2) is 0 Å². The molecule has 0 saturated carbocycles. The standard InChI is InChI=1S/C20H22Br2N2O4/c1-12(2)16-9-14(21)4-7-18(16)28-11-20(26)24-23-19(25)10-27-15-5-6-17(22)13(3)8-15/h4-9,12H,10-11H2,1-3H3,(H,23,25)(H,24,26). The van der Waals surface area contributed by atoms with Gasteiger partial charge in [0.05, 0.1) is 0 Å². The van der Waals surface area contributed by atoms with Gasteiger partial charge < -0.3 is 9.47 Å². The summed E-state index contributed by atoms with van der Waals surface area (Å²) in [6, 6.07) is 11.0. The Balaban J connectivity index is 1.76. The number of benzene rings is 2. The minimum absolute atomic E-state index is 0.214. The number of halogens is 2. The van der Waals surface area contributed by atoms with Crippen LogP contribution in [-0.2, 0) is 9.59 Å². The van der Waals surface area contributed by atoms with E-state index in [4.69, 9.17) is 9.47 Å². The molecule has 2 N–H and O–H groups in total. The number of aryl methyl sites for hydroxylation is 1. The molecule has 8 heteroatoms. The van der Waals surface area contributed by atoms with Crippen molar-refractivity contribution in [1.82, 2.24) is 10.9 Å². The van der Waals surface area contributed by atoms with E-state index in [1.807, 2.05) is 45.0 Å². The molecule has 0 radical (unpaired) electrons. The Morgan fingerprint density at radius 2 is 1.61 bits per heavy atom. The van der Waals surface area contributed by atoms with E-state index in [1.165, 1.54) is 0 Å². The lowest BCUT2D eigenvalue weighted by atomic mass is 10.0. The van der Waals surface area contributed by atoms with Crippen LogP contribution in [-0.4, -0.2) is 25.0 Å². The van der Waals surface area contributed by atoms with Crippen LogP contribution < -0.4 is 20.3 Å². The molecule has 2 aromatic carbocycles. The van der Waals surface area contributed by atoms with E-state index in [-0.39, 0.29) is 19.1 Å². The number of nitrogens with one attached hydrogen (secondary N) is 2. The summed E-state index contributed by atoms with van der Waals surface area (Å²) in [6.07, 6.45) is 0. The van der Waals surface area contributed by atoms with Crippen LogP contribution >= 0.6 is 31.9 Å². The number of hydrogen-bond donors (Lipinski definition) is 2. The summed E-state index contributed by atoms with van der Waals surface area (Å²) < 4.78 is 12.9. The fraction of sp³-hybridized carbons (Fsp3) is 0.300. The van der Waals surface area contributed by atoms with E-state index in [0.29, 0.717) is 11.5 Å². The molecule has 2 rings (SSSR count). The number of amides is 2. The Hall–Kier alpha value is -2.06. The summed E-state index contributed by atoms with van der Waals surface area (Å²) in [5.74, 6) is 0.510. The molecule has 150 valence electrons. The molecule has 0 bridgehead atoms. The average Bonchev–Trinajstić information content (AvgIpc) is 2.66. The Labute approximate surface area is 181 Å². The van der Waals surface area contributed by atoms with E-state index in [0.717, 1.165) is 20.1 Å². The monoisotopic (exact) mass is 512 g/mol. The van der Waals surface area contributed by atoms with Crippen molar-refractivity contribution >= 4 is 43.7 Å². The molecule has 0 spiro atoms. The predicted molar refractivity (Wildman–Crippen MR) is 114 cm³/mol. The largest absolute Gasteiger partial charge is 0.484 e. The minimum Gasteiger partial charge on any atom is -0.484 e. The summed E-state index contributed by atoms with van der Waals surface area (Å²) in [4.78, 5) is 23.7. The van der Waals surface area contributed by atoms with Gasteiger partial charge in [-0.05, 0) is 60.4 Å². The molecule has 0 aliphatic heterocycles. The van der Waals surface area contributed by atoms with Gasteiger partial charge in [-0.1, -0.05) is 45.7 Å². The molecular weight excluding hydrogens is 492 g/mol. The van der Waals surface area contributed by atoms with Crippen LogP contribution in [0.2, 0.25) is 0 Å². The lowest BCUT2D eigenvalue weighted by Gasteiger charge is -2.14. The number of hydrogen-bond acceptors (Lipinski definition) is 4. The first-order chi connectivity index (χ1) is 13.3. The van der Waals surface area contributed by atoms with Crippen molar-refractivity contribution in [2.75, 3.05) is 13.2 Å². The van der Waals surface area contributed by atoms with Gasteiger partial charge in [-0.15, -0.1) is 0 Å². The van der Waals surface area contributed by atoms with E-state index in [9.17, 15) is 9.59 Å². The molecule has 0 atom stereocenters. The number of ether oxygens (including phenoxy) is 2. The highest BCUT2D eigenvalue weighted by Gasteiger charge is 2.11. The van der Waals surface area contributed by atoms with Crippen LogP contribution in [0.15, 0.2) is 45.3 Å². The molecule has 0 fully saturated rings. The lowest BCUT2D eigenvalue weighted by molar-refractivity contribution is -0.131. The summed E-state index contributed by atoms with van der Waals surface area (Å²) in [7, 11) is 0. The molecular formula is C20H22Br2N2O4. The highest BCUT2D eigenvalue weighted by molar-refractivity contribution is 9.10. The topological polar surface area (TPSA) is 76.7 Å². The van der Waals surface area contributed by atoms with Crippen molar-refractivity contribution in [3.05, 3.63) is 56.5 Å². The van der Waals surface area contributed by atoms with Crippen LogP contribution in [0.4, 0.5) is 0 Å². The fourth-order valence-electron chi connectivity index (χ4n) is 2.31. The second kappa shape index (κ2) is 10.5. The molecule has 0 aliphatic rings. The van der Waals surface area contributed by atoms with Crippen LogP contribution in [0.5, 0.6) is 11.5 Å². The smallest absolute Gasteiger partial charge is 0.276 e. The Bertz CT molecular complexity index is 856. The zero-order chi connectivity index (χ0) is 20.7. The van der Waals surface area contributed by atoms with Crippen molar-refractivity contribution in [2.45, 2.75) is 26.7 Å². The normalized spacial score (nSPS) is 10.5. The van der Waals surface area contributed by atoms with Gasteiger partial charge in [-0.3, -0.25) is 20.4 Å². The van der Waals surface area contributed by atoms with Crippen molar-refractivity contribution in [3.63, 3.8) is 0 Å². The van der Waals surface area contributed by atoms with Crippen molar-refractivity contribution in [1.29, 1.82) is 0 Å². The second-order valence-corrected chi connectivity index (χ2v) is 8.19. The maximum Gasteiger partial charge on any atom is 0.276 e. The van der Waals surface area contributed by atoms with Gasteiger partial charge in [0.1, 0.15) is 11.5 Å².